The summed E-state index contributed by atoms with van der Waals surface area (Å²) in [5, 5.41) is 0. The molecule has 0 heterocycles. The summed E-state index contributed by atoms with van der Waals surface area (Å²) in [6, 6.07) is 0. The molecule has 0 spiro atoms. The van der Waals surface area contributed by atoms with Crippen molar-refractivity contribution in [2.75, 3.05) is 0 Å². The Hall–Kier alpha value is 0.400. The second kappa shape index (κ2) is 2.80. The van der Waals surface area contributed by atoms with Crippen molar-refractivity contribution in [3.05, 3.63) is 0 Å². The van der Waals surface area contributed by atoms with Gasteiger partial charge in [0.25, 0.3) is 0 Å². The molecule has 0 aromatic heterocycles. The molecule has 0 fully saturated rings. The smallest absolute Gasteiger partial charge is 0.153 e. The van der Waals surface area contributed by atoms with Gasteiger partial charge in [-0.15, -0.1) is 0 Å². The first-order valence-electron chi connectivity index (χ1n) is 3.39. The van der Waals surface area contributed by atoms with Gasteiger partial charge in [-0.05, 0) is 13.8 Å². The van der Waals surface area contributed by atoms with Crippen LogP contribution >= 0.6 is 22.6 Å². The Morgan fingerprint density at radius 3 is 1.40 bits per heavy atom. The summed E-state index contributed by atoms with van der Waals surface area (Å²) in [5.74, 6) is 0.306. The van der Waals surface area contributed by atoms with Gasteiger partial charge in [0.15, 0.2) is 5.78 Å². The molecule has 0 saturated carbocycles. The summed E-state index contributed by atoms with van der Waals surface area (Å²) in [5.41, 5.74) is -0.204. The van der Waals surface area contributed by atoms with Gasteiger partial charge in [0.05, 0.1) is 3.42 Å². The van der Waals surface area contributed by atoms with Crippen molar-refractivity contribution >= 4 is 28.4 Å². The SMILES string of the molecule is CC(C)(C)C(=O)C(C)(C)I. The summed E-state index contributed by atoms with van der Waals surface area (Å²) < 4.78 is -0.226. The number of ketones is 1. The van der Waals surface area contributed by atoms with E-state index in [4.69, 9.17) is 0 Å². The van der Waals surface area contributed by atoms with Crippen LogP contribution < -0.4 is 0 Å². The van der Waals surface area contributed by atoms with E-state index in [-0.39, 0.29) is 8.84 Å². The van der Waals surface area contributed by atoms with Crippen LogP contribution in [0.15, 0.2) is 0 Å². The van der Waals surface area contributed by atoms with E-state index in [1.54, 1.807) is 0 Å². The zero-order chi connectivity index (χ0) is 8.58. The van der Waals surface area contributed by atoms with E-state index < -0.39 is 0 Å². The Balaban J connectivity index is 4.40. The van der Waals surface area contributed by atoms with Crippen LogP contribution in [0.25, 0.3) is 0 Å². The van der Waals surface area contributed by atoms with E-state index in [0.29, 0.717) is 5.78 Å². The lowest BCUT2D eigenvalue weighted by atomic mass is 9.85. The molecular formula is C8H15IO. The van der Waals surface area contributed by atoms with Crippen LogP contribution in [0, 0.1) is 5.41 Å². The molecule has 0 N–H and O–H groups in total. The van der Waals surface area contributed by atoms with Gasteiger partial charge < -0.3 is 0 Å². The summed E-state index contributed by atoms with van der Waals surface area (Å²) >= 11 is 2.18. The van der Waals surface area contributed by atoms with Gasteiger partial charge in [0, 0.05) is 5.41 Å². The van der Waals surface area contributed by atoms with Crippen molar-refractivity contribution in [2.45, 2.75) is 38.0 Å². The minimum atomic E-state index is -0.226. The number of hydrogen-bond donors (Lipinski definition) is 0. The fourth-order valence-corrected chi connectivity index (χ4v) is 1.70. The third-order valence-corrected chi connectivity index (χ3v) is 1.71. The van der Waals surface area contributed by atoms with E-state index in [9.17, 15) is 4.79 Å². The molecule has 0 aromatic carbocycles. The number of Topliss-reactive ketones (excluding diaryl/α,β-unsaturated/α-hetero) is 1. The molecule has 10 heavy (non-hydrogen) atoms. The number of rotatable bonds is 1. The molecule has 0 unspecified atom stereocenters. The minimum Gasteiger partial charge on any atom is -0.298 e. The highest BCUT2D eigenvalue weighted by Gasteiger charge is 2.33. The van der Waals surface area contributed by atoms with Gasteiger partial charge >= 0.3 is 0 Å². The molecule has 2 heteroatoms. The Bertz CT molecular complexity index is 120. The van der Waals surface area contributed by atoms with E-state index in [0.717, 1.165) is 0 Å². The van der Waals surface area contributed by atoms with Crippen molar-refractivity contribution in [1.29, 1.82) is 0 Å². The highest BCUT2D eigenvalue weighted by atomic mass is 127. The molecular weight excluding hydrogens is 239 g/mol. The highest BCUT2D eigenvalue weighted by Crippen LogP contribution is 2.28. The maximum atomic E-state index is 11.5. The first kappa shape index (κ1) is 10.4. The maximum absolute atomic E-state index is 11.5. The van der Waals surface area contributed by atoms with Crippen molar-refractivity contribution in [1.82, 2.24) is 0 Å². The van der Waals surface area contributed by atoms with Crippen molar-refractivity contribution < 1.29 is 4.79 Å². The Kier molecular flexibility index (Phi) is 2.91. The predicted octanol–water partition coefficient (Wildman–Crippen LogP) is 2.82. The summed E-state index contributed by atoms with van der Waals surface area (Å²) in [6.07, 6.45) is 0. The fraction of sp³-hybridized carbons (Fsp3) is 0.875. The molecule has 0 aliphatic heterocycles. The second-order valence-electron chi connectivity index (χ2n) is 4.05. The first-order chi connectivity index (χ1) is 4.15. The summed E-state index contributed by atoms with van der Waals surface area (Å²) in [6.45, 7) is 9.75. The number of hydrogen-bond acceptors (Lipinski definition) is 1. The summed E-state index contributed by atoms with van der Waals surface area (Å²) in [4.78, 5) is 11.5. The van der Waals surface area contributed by atoms with E-state index in [1.165, 1.54) is 0 Å². The second-order valence-corrected chi connectivity index (χ2v) is 6.75. The number of halogens is 1. The van der Waals surface area contributed by atoms with Crippen LogP contribution in [-0.2, 0) is 4.79 Å². The monoisotopic (exact) mass is 254 g/mol. The summed E-state index contributed by atoms with van der Waals surface area (Å²) in [7, 11) is 0. The lowest BCUT2D eigenvalue weighted by Crippen LogP contribution is -2.35. The topological polar surface area (TPSA) is 17.1 Å². The largest absolute Gasteiger partial charge is 0.298 e. The lowest BCUT2D eigenvalue weighted by Gasteiger charge is -2.25. The van der Waals surface area contributed by atoms with E-state index >= 15 is 0 Å². The number of alkyl halides is 1. The van der Waals surface area contributed by atoms with Crippen LogP contribution in [0.5, 0.6) is 0 Å². The third kappa shape index (κ3) is 2.99. The predicted molar refractivity (Wildman–Crippen MR) is 52.6 cm³/mol. The third-order valence-electron chi connectivity index (χ3n) is 1.22. The Labute approximate surface area is 76.7 Å². The molecule has 0 atom stereocenters. The quantitative estimate of drug-likeness (QED) is 0.519. The van der Waals surface area contributed by atoms with Gasteiger partial charge in [-0.2, -0.15) is 0 Å². The Morgan fingerprint density at radius 1 is 1.10 bits per heavy atom. The van der Waals surface area contributed by atoms with Crippen LogP contribution in [0.4, 0.5) is 0 Å². The fourth-order valence-electron chi connectivity index (χ4n) is 0.892. The maximum Gasteiger partial charge on any atom is 0.153 e. The molecule has 0 saturated heterocycles. The van der Waals surface area contributed by atoms with Crippen LogP contribution in [0.2, 0.25) is 0 Å². The van der Waals surface area contributed by atoms with Gasteiger partial charge in [0.1, 0.15) is 0 Å². The van der Waals surface area contributed by atoms with Gasteiger partial charge in [-0.1, -0.05) is 43.4 Å². The van der Waals surface area contributed by atoms with Gasteiger partial charge in [0.2, 0.25) is 0 Å². The zero-order valence-electron chi connectivity index (χ0n) is 7.29. The molecule has 0 aliphatic carbocycles. The molecule has 60 valence electrons. The van der Waals surface area contributed by atoms with Gasteiger partial charge in [-0.25, -0.2) is 0 Å². The van der Waals surface area contributed by atoms with Crippen LogP contribution in [-0.4, -0.2) is 9.20 Å². The van der Waals surface area contributed by atoms with Crippen LogP contribution in [0.3, 0.4) is 0 Å². The average Bonchev–Trinajstić information content (AvgIpc) is 1.59. The number of carbonyl (C=O) groups excluding carboxylic acids is 1. The molecule has 1 nitrogen and oxygen atoms in total. The van der Waals surface area contributed by atoms with Gasteiger partial charge in [-0.3, -0.25) is 4.79 Å². The molecule has 0 bridgehead atoms. The minimum absolute atomic E-state index is 0.204. The van der Waals surface area contributed by atoms with Crippen molar-refractivity contribution in [2.24, 2.45) is 5.41 Å². The van der Waals surface area contributed by atoms with E-state index in [2.05, 4.69) is 22.6 Å². The normalized spacial score (nSPS) is 13.4. The lowest BCUT2D eigenvalue weighted by molar-refractivity contribution is -0.127. The molecule has 0 amide bonds. The van der Waals surface area contributed by atoms with Crippen LogP contribution in [0.1, 0.15) is 34.6 Å². The molecule has 0 rings (SSSR count). The number of carbonyl (C=O) groups is 1. The molecule has 0 aliphatic rings. The Morgan fingerprint density at radius 2 is 1.40 bits per heavy atom. The van der Waals surface area contributed by atoms with Crippen molar-refractivity contribution in [3.8, 4) is 0 Å². The molecule has 0 radical (unpaired) electrons. The standard InChI is InChI=1S/C8H15IO/c1-7(2,3)6(10)8(4,5)9/h1-5H3. The zero-order valence-corrected chi connectivity index (χ0v) is 9.44. The van der Waals surface area contributed by atoms with E-state index in [1.807, 2.05) is 34.6 Å². The van der Waals surface area contributed by atoms with Crippen molar-refractivity contribution in [3.63, 3.8) is 0 Å². The average molecular weight is 254 g/mol. The first-order valence-corrected chi connectivity index (χ1v) is 4.47. The molecule has 0 aromatic rings. The highest BCUT2D eigenvalue weighted by molar-refractivity contribution is 14.1.